The third-order valence-electron chi connectivity index (χ3n) is 4.64. The van der Waals surface area contributed by atoms with Crippen LogP contribution < -0.4 is 0 Å². The lowest BCUT2D eigenvalue weighted by atomic mass is 9.69. The minimum absolute atomic E-state index is 0.412. The molecular weight excluding hydrogens is 220 g/mol. The molecular formula is C17H26O. The van der Waals surface area contributed by atoms with Gasteiger partial charge in [0.15, 0.2) is 0 Å². The van der Waals surface area contributed by atoms with Crippen molar-refractivity contribution in [3.63, 3.8) is 0 Å². The van der Waals surface area contributed by atoms with E-state index in [-0.39, 0.29) is 0 Å². The fraction of sp³-hybridized carbons (Fsp3) is 0.647. The van der Waals surface area contributed by atoms with Gasteiger partial charge in [0.2, 0.25) is 0 Å². The maximum Gasteiger partial charge on any atom is 0.0688 e. The first-order valence-electron chi connectivity index (χ1n) is 7.08. The van der Waals surface area contributed by atoms with E-state index < -0.39 is 5.60 Å². The van der Waals surface area contributed by atoms with Gasteiger partial charge >= 0.3 is 0 Å². The average Bonchev–Trinajstić information content (AvgIpc) is 2.29. The Bertz CT molecular complexity index is 421. The highest BCUT2D eigenvalue weighted by Gasteiger charge is 2.36. The summed E-state index contributed by atoms with van der Waals surface area (Å²) in [6.45, 7) is 8.90. The van der Waals surface area contributed by atoms with Gasteiger partial charge in [0.25, 0.3) is 0 Å². The number of benzene rings is 1. The van der Waals surface area contributed by atoms with Crippen molar-refractivity contribution in [1.82, 2.24) is 0 Å². The summed E-state index contributed by atoms with van der Waals surface area (Å²) in [5, 5.41) is 10.7. The van der Waals surface area contributed by atoms with Crippen molar-refractivity contribution >= 4 is 0 Å². The third kappa shape index (κ3) is 3.14. The highest BCUT2D eigenvalue weighted by molar-refractivity contribution is 5.30. The van der Waals surface area contributed by atoms with Crippen molar-refractivity contribution in [2.45, 2.75) is 65.4 Å². The smallest absolute Gasteiger partial charge is 0.0688 e. The predicted octanol–water partition coefficient (Wildman–Crippen LogP) is 4.18. The van der Waals surface area contributed by atoms with E-state index in [2.05, 4.69) is 45.9 Å². The maximum atomic E-state index is 10.7. The molecule has 0 radical (unpaired) electrons. The molecule has 1 nitrogen and oxygen atoms in total. The molecule has 2 rings (SSSR count). The summed E-state index contributed by atoms with van der Waals surface area (Å²) in [5.74, 6) is 0. The summed E-state index contributed by atoms with van der Waals surface area (Å²) in [7, 11) is 0. The Labute approximate surface area is 111 Å². The number of aryl methyl sites for hydroxylation is 2. The van der Waals surface area contributed by atoms with Crippen LogP contribution in [0.5, 0.6) is 0 Å². The highest BCUT2D eigenvalue weighted by Crippen LogP contribution is 2.41. The summed E-state index contributed by atoms with van der Waals surface area (Å²) in [6.07, 6.45) is 4.95. The molecule has 100 valence electrons. The Morgan fingerprint density at radius 3 is 2.17 bits per heavy atom. The van der Waals surface area contributed by atoms with Crippen LogP contribution in [0.25, 0.3) is 0 Å². The molecule has 1 heteroatoms. The summed E-state index contributed by atoms with van der Waals surface area (Å²) < 4.78 is 0. The summed E-state index contributed by atoms with van der Waals surface area (Å²) in [4.78, 5) is 0. The Morgan fingerprint density at radius 1 is 1.00 bits per heavy atom. The number of aliphatic hydroxyl groups is 1. The molecule has 0 bridgehead atoms. The molecule has 0 saturated heterocycles. The van der Waals surface area contributed by atoms with Crippen LogP contribution in [-0.4, -0.2) is 10.7 Å². The van der Waals surface area contributed by atoms with Crippen molar-refractivity contribution in [2.24, 2.45) is 5.41 Å². The molecule has 1 aromatic carbocycles. The molecule has 0 spiro atoms. The minimum Gasteiger partial charge on any atom is -0.390 e. The van der Waals surface area contributed by atoms with E-state index in [1.165, 1.54) is 16.7 Å². The third-order valence-corrected chi connectivity index (χ3v) is 4.64. The van der Waals surface area contributed by atoms with E-state index in [0.717, 1.165) is 32.1 Å². The standard InChI is InChI=1S/C17H26O/c1-13-5-6-15(11-14(13)2)12-17(18)9-7-16(3,4)8-10-17/h5-6,11,18H,7-10,12H2,1-4H3. The van der Waals surface area contributed by atoms with Gasteiger partial charge in [0.05, 0.1) is 5.60 Å². The minimum atomic E-state index is -0.475. The molecule has 0 heterocycles. The van der Waals surface area contributed by atoms with Crippen LogP contribution in [0.15, 0.2) is 18.2 Å². The zero-order chi connectivity index (χ0) is 13.4. The second kappa shape index (κ2) is 4.70. The molecule has 0 amide bonds. The topological polar surface area (TPSA) is 20.2 Å². The van der Waals surface area contributed by atoms with E-state index in [0.29, 0.717) is 5.41 Å². The second-order valence-corrected chi connectivity index (χ2v) is 6.98. The van der Waals surface area contributed by atoms with Gasteiger partial charge in [0, 0.05) is 6.42 Å². The van der Waals surface area contributed by atoms with E-state index in [1.54, 1.807) is 0 Å². The Kier molecular flexibility index (Phi) is 3.55. The Balaban J connectivity index is 2.07. The van der Waals surface area contributed by atoms with Gasteiger partial charge in [-0.25, -0.2) is 0 Å². The largest absolute Gasteiger partial charge is 0.390 e. The van der Waals surface area contributed by atoms with Crippen LogP contribution in [0.3, 0.4) is 0 Å². The van der Waals surface area contributed by atoms with Gasteiger partial charge in [0.1, 0.15) is 0 Å². The van der Waals surface area contributed by atoms with E-state index in [9.17, 15) is 5.11 Å². The lowest BCUT2D eigenvalue weighted by Crippen LogP contribution is -2.38. The number of hydrogen-bond donors (Lipinski definition) is 1. The van der Waals surface area contributed by atoms with Gasteiger partial charge in [-0.1, -0.05) is 32.0 Å². The molecule has 1 aliphatic carbocycles. The van der Waals surface area contributed by atoms with Gasteiger partial charge in [-0.2, -0.15) is 0 Å². The first kappa shape index (κ1) is 13.6. The molecule has 1 fully saturated rings. The first-order chi connectivity index (χ1) is 8.30. The lowest BCUT2D eigenvalue weighted by molar-refractivity contribution is -0.0251. The van der Waals surface area contributed by atoms with E-state index in [1.807, 2.05) is 0 Å². The van der Waals surface area contributed by atoms with Crippen LogP contribution in [0.2, 0.25) is 0 Å². The van der Waals surface area contributed by atoms with Crippen molar-refractivity contribution in [3.8, 4) is 0 Å². The van der Waals surface area contributed by atoms with Crippen LogP contribution in [-0.2, 0) is 6.42 Å². The van der Waals surface area contributed by atoms with Crippen LogP contribution in [0.1, 0.15) is 56.2 Å². The Morgan fingerprint density at radius 2 is 1.61 bits per heavy atom. The second-order valence-electron chi connectivity index (χ2n) is 6.98. The molecule has 0 aliphatic heterocycles. The molecule has 1 aromatic rings. The number of hydrogen-bond acceptors (Lipinski definition) is 1. The zero-order valence-electron chi connectivity index (χ0n) is 12.2. The summed E-state index contributed by atoms with van der Waals surface area (Å²) in [5.41, 5.74) is 3.87. The van der Waals surface area contributed by atoms with Crippen LogP contribution >= 0.6 is 0 Å². The van der Waals surface area contributed by atoms with Crippen LogP contribution in [0.4, 0.5) is 0 Å². The molecule has 1 N–H and O–H groups in total. The first-order valence-corrected chi connectivity index (χ1v) is 7.08. The molecule has 1 aliphatic rings. The fourth-order valence-electron chi connectivity index (χ4n) is 2.86. The van der Waals surface area contributed by atoms with Gasteiger partial charge < -0.3 is 5.11 Å². The zero-order valence-corrected chi connectivity index (χ0v) is 12.2. The number of rotatable bonds is 2. The van der Waals surface area contributed by atoms with Crippen molar-refractivity contribution in [3.05, 3.63) is 34.9 Å². The highest BCUT2D eigenvalue weighted by atomic mass is 16.3. The normalized spacial score (nSPS) is 21.8. The van der Waals surface area contributed by atoms with E-state index in [4.69, 9.17) is 0 Å². The van der Waals surface area contributed by atoms with Gasteiger partial charge in [-0.15, -0.1) is 0 Å². The van der Waals surface area contributed by atoms with Crippen molar-refractivity contribution in [1.29, 1.82) is 0 Å². The molecule has 18 heavy (non-hydrogen) atoms. The SMILES string of the molecule is Cc1ccc(CC2(O)CCC(C)(C)CC2)cc1C. The van der Waals surface area contributed by atoms with Gasteiger partial charge in [-0.05, 0) is 61.6 Å². The average molecular weight is 246 g/mol. The Hall–Kier alpha value is -0.820. The van der Waals surface area contributed by atoms with Crippen LogP contribution in [0, 0.1) is 19.3 Å². The quantitative estimate of drug-likeness (QED) is 0.830. The monoisotopic (exact) mass is 246 g/mol. The van der Waals surface area contributed by atoms with E-state index >= 15 is 0 Å². The van der Waals surface area contributed by atoms with Crippen molar-refractivity contribution < 1.29 is 5.11 Å². The molecule has 0 unspecified atom stereocenters. The molecule has 0 atom stereocenters. The summed E-state index contributed by atoms with van der Waals surface area (Å²) >= 11 is 0. The predicted molar refractivity (Wildman–Crippen MR) is 76.8 cm³/mol. The van der Waals surface area contributed by atoms with Crippen molar-refractivity contribution in [2.75, 3.05) is 0 Å². The lowest BCUT2D eigenvalue weighted by Gasteiger charge is -2.40. The van der Waals surface area contributed by atoms with Gasteiger partial charge in [-0.3, -0.25) is 0 Å². The summed E-state index contributed by atoms with van der Waals surface area (Å²) in [6, 6.07) is 6.56. The molecule has 0 aromatic heterocycles. The fourth-order valence-corrected chi connectivity index (χ4v) is 2.86. The molecule has 1 saturated carbocycles. The maximum absolute atomic E-state index is 10.7.